The number of hydrogen-bond acceptors (Lipinski definition) is 2. The molecule has 0 unspecified atom stereocenters. The summed E-state index contributed by atoms with van der Waals surface area (Å²) >= 11 is 0. The lowest BCUT2D eigenvalue weighted by Crippen LogP contribution is -2.02. The highest BCUT2D eigenvalue weighted by atomic mass is 16.4. The maximum atomic E-state index is 12.0. The normalized spacial score (nSPS) is 9.88. The molecular weight excluding hydrogens is 218 g/mol. The predicted octanol–water partition coefficient (Wildman–Crippen LogP) is 2.62. The van der Waals surface area contributed by atoms with Gasteiger partial charge in [0.05, 0.1) is 5.56 Å². The summed E-state index contributed by atoms with van der Waals surface area (Å²) in [6, 6.07) is 14.8. The molecule has 2 aromatic carbocycles. The maximum absolute atomic E-state index is 12.0. The number of hydrogen-bond donors (Lipinski definition) is 1. The van der Waals surface area contributed by atoms with Crippen LogP contribution in [0.2, 0.25) is 0 Å². The average Bonchev–Trinajstić information content (AvgIpc) is 2.39. The summed E-state index contributed by atoms with van der Waals surface area (Å²) in [4.78, 5) is 22.6. The van der Waals surface area contributed by atoms with Gasteiger partial charge in [0, 0.05) is 11.1 Å². The summed E-state index contributed by atoms with van der Waals surface area (Å²) in [5.41, 5.74) is 1.26. The van der Waals surface area contributed by atoms with Crippen LogP contribution in [0.4, 0.5) is 0 Å². The Hall–Kier alpha value is -2.42. The van der Waals surface area contributed by atoms with E-state index in [0.29, 0.717) is 11.1 Å². The lowest BCUT2D eigenvalue weighted by atomic mass is 10.2. The van der Waals surface area contributed by atoms with E-state index >= 15 is 0 Å². The molecule has 0 spiro atoms. The molecule has 0 aliphatic rings. The Kier molecular flexibility index (Phi) is 3.01. The van der Waals surface area contributed by atoms with Gasteiger partial charge in [-0.1, -0.05) is 42.5 Å². The molecule has 0 amide bonds. The van der Waals surface area contributed by atoms with Crippen LogP contribution in [0.25, 0.3) is 0 Å². The van der Waals surface area contributed by atoms with Gasteiger partial charge in [0.15, 0.2) is 5.78 Å². The van der Waals surface area contributed by atoms with Crippen molar-refractivity contribution < 1.29 is 14.7 Å². The number of aromatic carboxylic acids is 1. The van der Waals surface area contributed by atoms with Gasteiger partial charge in [-0.05, 0) is 12.1 Å². The summed E-state index contributed by atoms with van der Waals surface area (Å²) < 4.78 is 0. The highest BCUT2D eigenvalue weighted by Gasteiger charge is 2.09. The molecule has 84 valence electrons. The smallest absolute Gasteiger partial charge is 0.335 e. The van der Waals surface area contributed by atoms with E-state index in [1.54, 1.807) is 24.3 Å². The second-order valence-electron chi connectivity index (χ2n) is 3.58. The van der Waals surface area contributed by atoms with Crippen LogP contribution in [0.15, 0.2) is 54.6 Å². The number of ketones is 1. The number of benzene rings is 2. The molecular formula is C14H10O3. The third-order valence-electron chi connectivity index (χ3n) is 2.43. The second kappa shape index (κ2) is 4.61. The number of carboxylic acid groups (broad SMARTS) is 1. The first-order valence-corrected chi connectivity index (χ1v) is 5.11. The minimum Gasteiger partial charge on any atom is -0.478 e. The summed E-state index contributed by atoms with van der Waals surface area (Å²) in [6.45, 7) is 0. The first kappa shape index (κ1) is 11.1. The zero-order chi connectivity index (χ0) is 12.3. The zero-order valence-corrected chi connectivity index (χ0v) is 8.96. The van der Waals surface area contributed by atoms with Crippen molar-refractivity contribution in [3.05, 3.63) is 71.3 Å². The molecule has 3 heteroatoms. The molecule has 1 N–H and O–H groups in total. The fraction of sp³-hybridized carbons (Fsp3) is 0. The van der Waals surface area contributed by atoms with Crippen LogP contribution in [0, 0.1) is 0 Å². The summed E-state index contributed by atoms with van der Waals surface area (Å²) in [5.74, 6) is -1.11. The molecule has 0 saturated carbocycles. The monoisotopic (exact) mass is 228 g/mol. The highest BCUT2D eigenvalue weighted by molar-refractivity contribution is 6.09. The summed E-state index contributed by atoms with van der Waals surface area (Å²) in [7, 11) is 0. The van der Waals surface area contributed by atoms with Crippen molar-refractivity contribution in [2.75, 3.05) is 0 Å². The van der Waals surface area contributed by atoms with Crippen molar-refractivity contribution >= 4 is 11.8 Å². The van der Waals surface area contributed by atoms with Crippen molar-refractivity contribution in [2.24, 2.45) is 0 Å². The molecule has 0 aliphatic carbocycles. The Balaban J connectivity index is 2.30. The standard InChI is InChI=1S/C14H10O3/c15-13(10-4-2-1-3-5-10)11-6-8-12(9-7-11)14(16)17/h1-9H,(H,16,17)/i13+2. The minimum atomic E-state index is -0.997. The molecule has 0 heterocycles. The summed E-state index contributed by atoms with van der Waals surface area (Å²) in [5, 5.41) is 8.75. The zero-order valence-electron chi connectivity index (χ0n) is 8.96. The third-order valence-corrected chi connectivity index (χ3v) is 2.43. The fourth-order valence-corrected chi connectivity index (χ4v) is 1.52. The number of rotatable bonds is 3. The van der Waals surface area contributed by atoms with Crippen LogP contribution < -0.4 is 0 Å². The molecule has 0 fully saturated rings. The van der Waals surface area contributed by atoms with Gasteiger partial charge in [-0.3, -0.25) is 4.79 Å². The number of carboxylic acids is 1. The van der Waals surface area contributed by atoms with Crippen LogP contribution in [0.1, 0.15) is 26.3 Å². The molecule has 3 nitrogen and oxygen atoms in total. The molecule has 0 aliphatic heterocycles. The Morgan fingerprint density at radius 3 is 1.94 bits per heavy atom. The minimum absolute atomic E-state index is 0.109. The van der Waals surface area contributed by atoms with Gasteiger partial charge < -0.3 is 5.11 Å². The van der Waals surface area contributed by atoms with E-state index in [9.17, 15) is 9.59 Å². The molecule has 0 radical (unpaired) electrons. The van der Waals surface area contributed by atoms with E-state index < -0.39 is 5.97 Å². The van der Waals surface area contributed by atoms with Crippen molar-refractivity contribution in [1.29, 1.82) is 0 Å². The first-order valence-electron chi connectivity index (χ1n) is 5.11. The van der Waals surface area contributed by atoms with E-state index in [4.69, 9.17) is 5.11 Å². The molecule has 0 aromatic heterocycles. The average molecular weight is 228 g/mol. The lowest BCUT2D eigenvalue weighted by Gasteiger charge is -2.01. The van der Waals surface area contributed by atoms with Gasteiger partial charge in [0.2, 0.25) is 0 Å². The molecule has 0 atom stereocenters. The van der Waals surface area contributed by atoms with Crippen LogP contribution in [-0.4, -0.2) is 16.9 Å². The van der Waals surface area contributed by atoms with Crippen molar-refractivity contribution in [1.82, 2.24) is 0 Å². The topological polar surface area (TPSA) is 54.4 Å². The number of carbonyl (C=O) groups excluding carboxylic acids is 1. The highest BCUT2D eigenvalue weighted by Crippen LogP contribution is 2.11. The molecule has 0 saturated heterocycles. The third kappa shape index (κ3) is 2.39. The number of carbonyl (C=O) groups is 2. The van der Waals surface area contributed by atoms with E-state index in [1.807, 2.05) is 6.07 Å². The van der Waals surface area contributed by atoms with Crippen LogP contribution in [0.3, 0.4) is 0 Å². The molecule has 2 rings (SSSR count). The second-order valence-corrected chi connectivity index (χ2v) is 3.58. The first-order chi connectivity index (χ1) is 8.18. The molecule has 17 heavy (non-hydrogen) atoms. The predicted molar refractivity (Wildman–Crippen MR) is 63.3 cm³/mol. The largest absolute Gasteiger partial charge is 0.478 e. The quantitative estimate of drug-likeness (QED) is 0.821. The van der Waals surface area contributed by atoms with Gasteiger partial charge >= 0.3 is 5.97 Å². The SMILES string of the molecule is O=C(O)c1ccc([14C](=O)c2ccccc2)cc1. The van der Waals surface area contributed by atoms with E-state index in [-0.39, 0.29) is 11.3 Å². The lowest BCUT2D eigenvalue weighted by molar-refractivity contribution is 0.0696. The Labute approximate surface area is 98.3 Å². The van der Waals surface area contributed by atoms with Crippen LogP contribution in [0.5, 0.6) is 0 Å². The van der Waals surface area contributed by atoms with Crippen LogP contribution >= 0.6 is 0 Å². The van der Waals surface area contributed by atoms with Crippen molar-refractivity contribution in [3.63, 3.8) is 0 Å². The Morgan fingerprint density at radius 1 is 0.882 bits per heavy atom. The molecule has 0 bridgehead atoms. The van der Waals surface area contributed by atoms with E-state index in [0.717, 1.165) is 0 Å². The van der Waals surface area contributed by atoms with Crippen LogP contribution in [-0.2, 0) is 0 Å². The van der Waals surface area contributed by atoms with Gasteiger partial charge in [-0.2, -0.15) is 0 Å². The van der Waals surface area contributed by atoms with Gasteiger partial charge in [-0.15, -0.1) is 0 Å². The van der Waals surface area contributed by atoms with Gasteiger partial charge in [-0.25, -0.2) is 4.79 Å². The Morgan fingerprint density at radius 2 is 1.41 bits per heavy atom. The van der Waals surface area contributed by atoms with E-state index in [2.05, 4.69) is 0 Å². The Bertz CT molecular complexity index is 541. The molecule has 2 aromatic rings. The van der Waals surface area contributed by atoms with Crippen molar-refractivity contribution in [3.8, 4) is 0 Å². The maximum Gasteiger partial charge on any atom is 0.335 e. The summed E-state index contributed by atoms with van der Waals surface area (Å²) in [6.07, 6.45) is 0. The van der Waals surface area contributed by atoms with Gasteiger partial charge in [0.25, 0.3) is 0 Å². The van der Waals surface area contributed by atoms with Gasteiger partial charge in [0.1, 0.15) is 0 Å². The van der Waals surface area contributed by atoms with Crippen molar-refractivity contribution in [2.45, 2.75) is 0 Å². The van der Waals surface area contributed by atoms with E-state index in [1.165, 1.54) is 24.3 Å². The fourth-order valence-electron chi connectivity index (χ4n) is 1.52.